The molecule has 72 heavy (non-hydrogen) atoms. The summed E-state index contributed by atoms with van der Waals surface area (Å²) in [6.45, 7) is 12.6. The summed E-state index contributed by atoms with van der Waals surface area (Å²) >= 11 is 6.21. The first-order valence-electron chi connectivity index (χ1n) is 23.9. The summed E-state index contributed by atoms with van der Waals surface area (Å²) in [6.07, 6.45) is 6.40. The van der Waals surface area contributed by atoms with Crippen LogP contribution in [0.3, 0.4) is 0 Å². The fraction of sp³-hybridized carbons (Fsp3) is 0.382. The Labute approximate surface area is 460 Å². The van der Waals surface area contributed by atoms with E-state index < -0.39 is 0 Å². The number of thioether (sulfide) groups is 4. The van der Waals surface area contributed by atoms with Crippen molar-refractivity contribution in [3.63, 3.8) is 0 Å². The zero-order valence-electron chi connectivity index (χ0n) is 41.5. The van der Waals surface area contributed by atoms with Crippen LogP contribution >= 0.6 is 71.9 Å². The zero-order chi connectivity index (χ0) is 49.1. The van der Waals surface area contributed by atoms with Gasteiger partial charge in [0.25, 0.3) is 0 Å². The van der Waals surface area contributed by atoms with Gasteiger partial charge in [-0.2, -0.15) is 0 Å². The van der Waals surface area contributed by atoms with Crippen molar-refractivity contribution in [3.8, 4) is 0 Å². The Balaban J connectivity index is 0.000000487. The lowest BCUT2D eigenvalue weighted by atomic mass is 10.1. The lowest BCUT2D eigenvalue weighted by molar-refractivity contribution is 0.270. The predicted octanol–water partition coefficient (Wildman–Crippen LogP) is 11.3. The fourth-order valence-corrected chi connectivity index (χ4v) is 10.2. The van der Waals surface area contributed by atoms with Gasteiger partial charge in [-0.1, -0.05) is 197 Å². The number of aliphatic imine (C=N–C) groups is 2. The molecule has 7 rings (SSSR count). The van der Waals surface area contributed by atoms with Crippen LogP contribution in [-0.2, 0) is 61.5 Å². The maximum absolute atomic E-state index is 7.17. The number of rotatable bonds is 19. The van der Waals surface area contributed by atoms with Crippen molar-refractivity contribution in [1.82, 2.24) is 20.4 Å². The van der Waals surface area contributed by atoms with E-state index in [1.807, 2.05) is 24.3 Å². The van der Waals surface area contributed by atoms with E-state index in [9.17, 15) is 0 Å². The first-order chi connectivity index (χ1) is 33.6. The van der Waals surface area contributed by atoms with Crippen molar-refractivity contribution in [1.29, 1.82) is 10.8 Å². The molecule has 5 aromatic rings. The van der Waals surface area contributed by atoms with Crippen LogP contribution in [0, 0.1) is 10.8 Å². The normalized spacial score (nSPS) is 13.1. The molecule has 0 fully saturated rings. The number of nitrogens with one attached hydrogen (secondary N) is 4. The second-order valence-electron chi connectivity index (χ2n) is 16.6. The Bertz CT molecular complexity index is 2230. The van der Waals surface area contributed by atoms with Gasteiger partial charge in [0.05, 0.1) is 26.7 Å². The van der Waals surface area contributed by atoms with E-state index in [1.54, 1.807) is 23.5 Å². The quantitative estimate of drug-likeness (QED) is 0.0309. The second kappa shape index (κ2) is 36.7. The molecule has 10 N–H and O–H groups in total. The number of hydrogen-bond donors (Lipinski definition) is 7. The highest BCUT2D eigenvalue weighted by molar-refractivity contribution is 8.14. The van der Waals surface area contributed by atoms with E-state index in [2.05, 4.69) is 138 Å². The molecule has 0 amide bonds. The smallest absolute Gasteiger partial charge is 0.159 e. The Morgan fingerprint density at radius 2 is 0.806 bits per heavy atom. The van der Waals surface area contributed by atoms with Crippen LogP contribution in [0.15, 0.2) is 131 Å². The van der Waals surface area contributed by atoms with Crippen LogP contribution in [-0.4, -0.2) is 76.8 Å². The molecule has 0 aliphatic carbocycles. The molecule has 0 radical (unpaired) electrons. The Morgan fingerprint density at radius 1 is 0.500 bits per heavy atom. The maximum Gasteiger partial charge on any atom is 0.159 e. The van der Waals surface area contributed by atoms with Crippen molar-refractivity contribution in [3.05, 3.63) is 177 Å². The van der Waals surface area contributed by atoms with Crippen molar-refractivity contribution in [2.75, 3.05) is 46.3 Å². The van der Waals surface area contributed by atoms with Crippen LogP contribution in [0.4, 0.5) is 0 Å². The third-order valence-corrected chi connectivity index (χ3v) is 15.2. The molecule has 0 saturated heterocycles. The maximum atomic E-state index is 7.17. The first kappa shape index (κ1) is 64.0. The van der Waals surface area contributed by atoms with Gasteiger partial charge in [-0.3, -0.25) is 20.6 Å². The molecule has 2 aliphatic heterocycles. The fourth-order valence-electron chi connectivity index (χ4n) is 7.24. The van der Waals surface area contributed by atoms with Gasteiger partial charge in [0.15, 0.2) is 20.7 Å². The van der Waals surface area contributed by atoms with E-state index >= 15 is 0 Å². The minimum absolute atomic E-state index is 0. The summed E-state index contributed by atoms with van der Waals surface area (Å²) in [5.41, 5.74) is 29.4. The molecule has 2 heterocycles. The number of aryl methyl sites for hydroxylation is 3. The number of halogens is 2. The number of amidine groups is 4. The van der Waals surface area contributed by atoms with Crippen LogP contribution < -0.4 is 27.8 Å². The van der Waals surface area contributed by atoms with Crippen LogP contribution in [0.2, 0.25) is 0 Å². The topological polar surface area (TPSA) is 181 Å². The molecule has 392 valence electrons. The van der Waals surface area contributed by atoms with Crippen LogP contribution in [0.25, 0.3) is 0 Å². The van der Waals surface area contributed by atoms with Crippen molar-refractivity contribution < 1.29 is 0 Å². The van der Waals surface area contributed by atoms with Gasteiger partial charge in [0.1, 0.15) is 0 Å². The van der Waals surface area contributed by atoms with E-state index in [0.29, 0.717) is 11.5 Å². The van der Waals surface area contributed by atoms with Crippen LogP contribution in [0.1, 0.15) is 83.8 Å². The molecule has 0 unspecified atom stereocenters. The predicted molar refractivity (Wildman–Crippen MR) is 325 cm³/mol. The summed E-state index contributed by atoms with van der Waals surface area (Å²) < 4.78 is 0. The molecule has 0 bridgehead atoms. The molecule has 0 saturated carbocycles. The lowest BCUT2D eigenvalue weighted by Crippen LogP contribution is -2.42. The van der Waals surface area contributed by atoms with E-state index in [0.717, 1.165) is 118 Å². The number of hydrogen-bond acceptors (Lipinski definition) is 13. The van der Waals surface area contributed by atoms with E-state index in [1.165, 1.54) is 68.0 Å². The highest BCUT2D eigenvalue weighted by Crippen LogP contribution is 2.24. The molecule has 11 nitrogen and oxygen atoms in total. The van der Waals surface area contributed by atoms with Crippen molar-refractivity contribution in [2.24, 2.45) is 27.2 Å². The molecule has 2 aliphatic rings. The van der Waals surface area contributed by atoms with E-state index in [-0.39, 0.29) is 42.6 Å². The third kappa shape index (κ3) is 24.2. The molecular formula is C55H79Cl2N11S4. The largest absolute Gasteiger partial charge is 0.379 e. The SMILES string of the molecule is C.CCc1ccc(CCN)cc1.CCc1ccc(CCN2CN=C(SCc3ccccc3CSC3=NCN(CCc4ccc(CC)cc4)CN3)NC2)cc1.Cl.Cl.N=C(N)SCc1ccccc1CSC(=N)N. The Hall–Kier alpha value is -4.16. The van der Waals surface area contributed by atoms with Crippen molar-refractivity contribution in [2.45, 2.75) is 89.7 Å². The summed E-state index contributed by atoms with van der Waals surface area (Å²) in [5.74, 6) is 3.20. The zero-order valence-corrected chi connectivity index (χ0v) is 46.4. The molecule has 17 heteroatoms. The monoisotopic (exact) mass is 1090 g/mol. The van der Waals surface area contributed by atoms with Gasteiger partial charge in [-0.05, 0) is 101 Å². The summed E-state index contributed by atoms with van der Waals surface area (Å²) in [4.78, 5) is 14.4. The highest BCUT2D eigenvalue weighted by atomic mass is 35.5. The number of benzene rings is 5. The summed E-state index contributed by atoms with van der Waals surface area (Å²) in [5, 5.41) is 23.7. The van der Waals surface area contributed by atoms with E-state index in [4.69, 9.17) is 38.0 Å². The van der Waals surface area contributed by atoms with Gasteiger partial charge < -0.3 is 27.8 Å². The number of nitrogens with two attached hydrogens (primary N) is 3. The summed E-state index contributed by atoms with van der Waals surface area (Å²) in [6, 6.07) is 43.4. The minimum Gasteiger partial charge on any atom is -0.379 e. The van der Waals surface area contributed by atoms with Gasteiger partial charge in [-0.25, -0.2) is 9.98 Å². The van der Waals surface area contributed by atoms with Crippen molar-refractivity contribution >= 4 is 92.5 Å². The van der Waals surface area contributed by atoms with Gasteiger partial charge >= 0.3 is 0 Å². The highest BCUT2D eigenvalue weighted by Gasteiger charge is 2.16. The molecule has 0 aromatic heterocycles. The standard InChI is InChI=1S/C34H44N6S2.C10H14N4S2.C10H15N.CH4.2ClH/c1-3-27-9-13-29(14-10-27)17-19-39-23-35-33(36-24-39)41-21-31-7-5-6-8-32(31)22-42-34-37-25-40(26-38-34)20-18-30-15-11-28(4-2)12-16-30;11-9(12)15-5-7-3-1-2-4-8(7)6-16-10(13)14;1-2-9-3-5-10(6-4-9)7-8-11;;;/h5-16H,3-4,17-26H2,1-2H3,(H,35,36)(H,37,38);1-4H,5-6H2,(H3,11,12)(H3,13,14);3-6H,2,7-8,11H2,1H3;1H4;2*1H. The van der Waals surface area contributed by atoms with Gasteiger partial charge in [0, 0.05) is 36.1 Å². The lowest BCUT2D eigenvalue weighted by Gasteiger charge is -2.27. The number of nitrogens with zero attached hydrogens (tertiary/aromatic N) is 4. The Morgan fingerprint density at radius 3 is 1.08 bits per heavy atom. The first-order valence-corrected chi connectivity index (χ1v) is 27.9. The Kier molecular flexibility index (Phi) is 32.6. The average molecular weight is 1090 g/mol. The van der Waals surface area contributed by atoms with Gasteiger partial charge in [-0.15, -0.1) is 24.8 Å². The summed E-state index contributed by atoms with van der Waals surface area (Å²) in [7, 11) is 0. The molecule has 0 atom stereocenters. The second-order valence-corrected chi connectivity index (χ2v) is 20.6. The van der Waals surface area contributed by atoms with Crippen LogP contribution in [0.5, 0.6) is 0 Å². The molecule has 0 spiro atoms. The average Bonchev–Trinajstić information content (AvgIpc) is 3.39. The third-order valence-electron chi connectivity index (χ3n) is 11.6. The molecular weight excluding hydrogens is 1010 g/mol. The molecule has 5 aromatic carbocycles. The van der Waals surface area contributed by atoms with Gasteiger partial charge in [0.2, 0.25) is 0 Å². The minimum atomic E-state index is 0.